The van der Waals surface area contributed by atoms with Gasteiger partial charge in [-0.2, -0.15) is 0 Å². The predicted octanol–water partition coefficient (Wildman–Crippen LogP) is 4.30. The third-order valence-corrected chi connectivity index (χ3v) is 3.99. The van der Waals surface area contributed by atoms with Gasteiger partial charge in [0.1, 0.15) is 23.8 Å². The Kier molecular flexibility index (Phi) is 6.13. The van der Waals surface area contributed by atoms with Crippen molar-refractivity contribution < 1.29 is 18.6 Å². The van der Waals surface area contributed by atoms with Gasteiger partial charge >= 0.3 is 0 Å². The number of ether oxygens (including phenoxy) is 3. The van der Waals surface area contributed by atoms with Gasteiger partial charge in [0.15, 0.2) is 0 Å². The molecule has 0 fully saturated rings. The van der Waals surface area contributed by atoms with Crippen LogP contribution in [0.5, 0.6) is 5.75 Å². The third kappa shape index (κ3) is 4.30. The van der Waals surface area contributed by atoms with Gasteiger partial charge in [0.05, 0.1) is 6.61 Å². The van der Waals surface area contributed by atoms with E-state index in [0.717, 1.165) is 5.56 Å². The predicted molar refractivity (Wildman–Crippen MR) is 88.0 cm³/mol. The molecule has 124 valence electrons. The average Bonchev–Trinajstić information content (AvgIpc) is 2.58. The second kappa shape index (κ2) is 8.09. The summed E-state index contributed by atoms with van der Waals surface area (Å²) >= 11 is 0. The standard InChI is InChI=1S/C19H23FO3/c1-4-19(22-3,14-21-2)16-10-17(20)12-18(11-16)23-13-15-8-6-5-7-9-15/h5-12H,4,13-14H2,1-3H3/t19-/m1/s1. The molecule has 2 aromatic rings. The highest BCUT2D eigenvalue weighted by atomic mass is 19.1. The Morgan fingerprint density at radius 2 is 1.78 bits per heavy atom. The highest BCUT2D eigenvalue weighted by Crippen LogP contribution is 2.32. The molecule has 0 aliphatic rings. The Morgan fingerprint density at radius 3 is 2.39 bits per heavy atom. The van der Waals surface area contributed by atoms with E-state index in [0.29, 0.717) is 30.9 Å². The van der Waals surface area contributed by atoms with Gasteiger partial charge in [-0.25, -0.2) is 4.39 Å². The second-order valence-electron chi connectivity index (χ2n) is 5.43. The number of halogens is 1. The first kappa shape index (κ1) is 17.4. The summed E-state index contributed by atoms with van der Waals surface area (Å²) in [6.07, 6.45) is 0.666. The summed E-state index contributed by atoms with van der Waals surface area (Å²) in [5.74, 6) is 0.131. The molecule has 0 N–H and O–H groups in total. The summed E-state index contributed by atoms with van der Waals surface area (Å²) in [6, 6.07) is 14.5. The van der Waals surface area contributed by atoms with Crippen LogP contribution in [0, 0.1) is 5.82 Å². The summed E-state index contributed by atoms with van der Waals surface area (Å²) in [5.41, 5.74) is 1.07. The van der Waals surface area contributed by atoms with Crippen molar-refractivity contribution >= 4 is 0 Å². The minimum Gasteiger partial charge on any atom is -0.489 e. The zero-order valence-corrected chi connectivity index (χ0v) is 13.8. The van der Waals surface area contributed by atoms with Crippen LogP contribution >= 0.6 is 0 Å². The van der Waals surface area contributed by atoms with E-state index in [4.69, 9.17) is 14.2 Å². The van der Waals surface area contributed by atoms with Gasteiger partial charge in [-0.1, -0.05) is 37.3 Å². The van der Waals surface area contributed by atoms with Crippen LogP contribution in [0.25, 0.3) is 0 Å². The van der Waals surface area contributed by atoms with Gasteiger partial charge in [0.2, 0.25) is 0 Å². The molecule has 3 nitrogen and oxygen atoms in total. The van der Waals surface area contributed by atoms with Gasteiger partial charge in [-0.05, 0) is 29.7 Å². The molecule has 0 amide bonds. The lowest BCUT2D eigenvalue weighted by Gasteiger charge is -2.31. The summed E-state index contributed by atoms with van der Waals surface area (Å²) in [7, 11) is 3.22. The molecular formula is C19H23FO3. The lowest BCUT2D eigenvalue weighted by atomic mass is 9.91. The number of hydrogen-bond donors (Lipinski definition) is 0. The highest BCUT2D eigenvalue weighted by molar-refractivity contribution is 5.34. The minimum atomic E-state index is -0.679. The van der Waals surface area contributed by atoms with E-state index in [9.17, 15) is 4.39 Å². The molecule has 2 aromatic carbocycles. The second-order valence-corrected chi connectivity index (χ2v) is 5.43. The van der Waals surface area contributed by atoms with Crippen LogP contribution < -0.4 is 4.74 Å². The van der Waals surface area contributed by atoms with E-state index in [1.54, 1.807) is 14.2 Å². The normalized spacial score (nSPS) is 13.6. The third-order valence-electron chi connectivity index (χ3n) is 3.99. The molecule has 0 saturated heterocycles. The molecule has 1 atom stereocenters. The maximum Gasteiger partial charge on any atom is 0.127 e. The Labute approximate surface area is 137 Å². The molecule has 0 aliphatic heterocycles. The molecule has 0 spiro atoms. The molecule has 0 saturated carbocycles. The van der Waals surface area contributed by atoms with Crippen LogP contribution in [0.4, 0.5) is 4.39 Å². The van der Waals surface area contributed by atoms with Crippen LogP contribution in [0.1, 0.15) is 24.5 Å². The first-order valence-corrected chi connectivity index (χ1v) is 7.65. The van der Waals surface area contributed by atoms with E-state index >= 15 is 0 Å². The number of hydrogen-bond acceptors (Lipinski definition) is 3. The van der Waals surface area contributed by atoms with E-state index in [-0.39, 0.29) is 5.82 Å². The van der Waals surface area contributed by atoms with Gasteiger partial charge in [0.25, 0.3) is 0 Å². The Balaban J connectivity index is 2.24. The summed E-state index contributed by atoms with van der Waals surface area (Å²) in [4.78, 5) is 0. The van der Waals surface area contributed by atoms with E-state index in [1.165, 1.54) is 12.1 Å². The Morgan fingerprint density at radius 1 is 1.04 bits per heavy atom. The van der Waals surface area contributed by atoms with Crippen molar-refractivity contribution in [2.75, 3.05) is 20.8 Å². The van der Waals surface area contributed by atoms with E-state index in [2.05, 4.69) is 0 Å². The zero-order chi connectivity index (χ0) is 16.7. The maximum absolute atomic E-state index is 14.0. The number of methoxy groups -OCH3 is 2. The Hall–Kier alpha value is -1.91. The Bertz CT molecular complexity index is 609. The lowest BCUT2D eigenvalue weighted by Crippen LogP contribution is -2.33. The largest absolute Gasteiger partial charge is 0.489 e. The first-order chi connectivity index (χ1) is 11.1. The van der Waals surface area contributed by atoms with Crippen molar-refractivity contribution in [1.82, 2.24) is 0 Å². The topological polar surface area (TPSA) is 27.7 Å². The van der Waals surface area contributed by atoms with Gasteiger partial charge < -0.3 is 14.2 Å². The molecule has 23 heavy (non-hydrogen) atoms. The number of benzene rings is 2. The maximum atomic E-state index is 14.0. The minimum absolute atomic E-state index is 0.349. The van der Waals surface area contributed by atoms with Crippen molar-refractivity contribution in [1.29, 1.82) is 0 Å². The van der Waals surface area contributed by atoms with Crippen LogP contribution in [0.15, 0.2) is 48.5 Å². The fourth-order valence-electron chi connectivity index (χ4n) is 2.59. The lowest BCUT2D eigenvalue weighted by molar-refractivity contribution is -0.0722. The molecule has 0 heterocycles. The van der Waals surface area contributed by atoms with Crippen LogP contribution in [-0.4, -0.2) is 20.8 Å². The van der Waals surface area contributed by atoms with Crippen molar-refractivity contribution in [3.8, 4) is 5.75 Å². The zero-order valence-electron chi connectivity index (χ0n) is 13.8. The smallest absolute Gasteiger partial charge is 0.127 e. The molecule has 0 unspecified atom stereocenters. The highest BCUT2D eigenvalue weighted by Gasteiger charge is 2.31. The average molecular weight is 318 g/mol. The van der Waals surface area contributed by atoms with E-state index < -0.39 is 5.60 Å². The summed E-state index contributed by atoms with van der Waals surface area (Å²) < 4.78 is 30.7. The van der Waals surface area contributed by atoms with Gasteiger partial charge in [0, 0.05) is 20.3 Å². The monoisotopic (exact) mass is 318 g/mol. The molecule has 0 aliphatic carbocycles. The van der Waals surface area contributed by atoms with E-state index in [1.807, 2.05) is 43.3 Å². The van der Waals surface area contributed by atoms with Gasteiger partial charge in [-0.3, -0.25) is 0 Å². The SMILES string of the molecule is CC[C@](COC)(OC)c1cc(F)cc(OCc2ccccc2)c1. The van der Waals surface area contributed by atoms with Crippen LogP contribution in [0.2, 0.25) is 0 Å². The van der Waals surface area contributed by atoms with Crippen LogP contribution in [0.3, 0.4) is 0 Å². The quantitative estimate of drug-likeness (QED) is 0.726. The van der Waals surface area contributed by atoms with Crippen molar-refractivity contribution in [2.24, 2.45) is 0 Å². The van der Waals surface area contributed by atoms with Gasteiger partial charge in [-0.15, -0.1) is 0 Å². The first-order valence-electron chi connectivity index (χ1n) is 7.65. The van der Waals surface area contributed by atoms with Crippen molar-refractivity contribution in [3.63, 3.8) is 0 Å². The molecule has 2 rings (SSSR count). The summed E-state index contributed by atoms with van der Waals surface area (Å²) in [6.45, 7) is 2.72. The molecular weight excluding hydrogens is 295 g/mol. The molecule has 0 bridgehead atoms. The van der Waals surface area contributed by atoms with Crippen molar-refractivity contribution in [2.45, 2.75) is 25.6 Å². The van der Waals surface area contributed by atoms with Crippen LogP contribution in [-0.2, 0) is 21.7 Å². The fraction of sp³-hybridized carbons (Fsp3) is 0.368. The summed E-state index contributed by atoms with van der Waals surface area (Å²) in [5, 5.41) is 0. The van der Waals surface area contributed by atoms with Crippen molar-refractivity contribution in [3.05, 3.63) is 65.5 Å². The fourth-order valence-corrected chi connectivity index (χ4v) is 2.59. The molecule has 0 radical (unpaired) electrons. The molecule has 0 aromatic heterocycles. The molecule has 4 heteroatoms. The number of rotatable bonds is 8.